The molecule has 0 bridgehead atoms. The smallest absolute Gasteiger partial charge is 0.184 e. The van der Waals surface area contributed by atoms with Crippen LogP contribution in [0.15, 0.2) is 0 Å². The van der Waals surface area contributed by atoms with E-state index in [-0.39, 0.29) is 0 Å². The molecule has 11 nitrogen and oxygen atoms in total. The molecule has 0 unspecified atom stereocenters. The van der Waals surface area contributed by atoms with Crippen LogP contribution in [0, 0.1) is 0 Å². The molecule has 2 fully saturated rings. The molecule has 136 valence electrons. The SMILES string of the molecule is N[C@@H]1[C@@H](O[C@@H]2[C@@H](O)[C@H](O)[C@@H](CO)O[C@@H]2O)O[C@H](CO)[C@@H](O)[C@@H]1O. The van der Waals surface area contributed by atoms with E-state index >= 15 is 0 Å². The van der Waals surface area contributed by atoms with E-state index in [2.05, 4.69) is 0 Å². The number of aliphatic hydroxyl groups excluding tert-OH is 7. The second-order valence-electron chi connectivity index (χ2n) is 5.61. The Morgan fingerprint density at radius 1 is 0.783 bits per heavy atom. The van der Waals surface area contributed by atoms with Gasteiger partial charge in [0, 0.05) is 0 Å². The van der Waals surface area contributed by atoms with Crippen molar-refractivity contribution >= 4 is 0 Å². The summed E-state index contributed by atoms with van der Waals surface area (Å²) in [7, 11) is 0. The lowest BCUT2D eigenvalue weighted by Crippen LogP contribution is -2.66. The van der Waals surface area contributed by atoms with Gasteiger partial charge < -0.3 is 55.7 Å². The van der Waals surface area contributed by atoms with E-state index in [1.807, 2.05) is 0 Å². The summed E-state index contributed by atoms with van der Waals surface area (Å²) in [5, 5.41) is 67.2. The zero-order valence-electron chi connectivity index (χ0n) is 12.1. The first kappa shape index (κ1) is 18.9. The first-order valence-corrected chi connectivity index (χ1v) is 7.15. The molecule has 10 atom stereocenters. The quantitative estimate of drug-likeness (QED) is 0.243. The molecule has 2 aliphatic heterocycles. The van der Waals surface area contributed by atoms with Gasteiger partial charge in [-0.3, -0.25) is 0 Å². The zero-order valence-corrected chi connectivity index (χ0v) is 12.1. The lowest BCUT2D eigenvalue weighted by molar-refractivity contribution is -0.346. The van der Waals surface area contributed by atoms with Crippen LogP contribution in [0.3, 0.4) is 0 Å². The van der Waals surface area contributed by atoms with Crippen LogP contribution in [-0.4, -0.2) is 110 Å². The van der Waals surface area contributed by atoms with Crippen molar-refractivity contribution < 1.29 is 50.0 Å². The predicted octanol–water partition coefficient (Wildman–Crippen LogP) is -5.43. The van der Waals surface area contributed by atoms with Crippen LogP contribution in [0.1, 0.15) is 0 Å². The van der Waals surface area contributed by atoms with Gasteiger partial charge in [0.1, 0.15) is 42.7 Å². The van der Waals surface area contributed by atoms with Gasteiger partial charge in [-0.05, 0) is 0 Å². The number of aliphatic hydroxyl groups is 7. The highest BCUT2D eigenvalue weighted by Crippen LogP contribution is 2.27. The Balaban J connectivity index is 2.08. The molecule has 2 heterocycles. The second kappa shape index (κ2) is 7.63. The highest BCUT2D eigenvalue weighted by atomic mass is 16.7. The molecule has 0 amide bonds. The molecule has 2 aliphatic rings. The van der Waals surface area contributed by atoms with Crippen LogP contribution < -0.4 is 5.73 Å². The van der Waals surface area contributed by atoms with Gasteiger partial charge in [0.05, 0.1) is 19.3 Å². The Bertz CT molecular complexity index is 385. The lowest BCUT2D eigenvalue weighted by atomic mass is 9.96. The Morgan fingerprint density at radius 2 is 1.30 bits per heavy atom. The van der Waals surface area contributed by atoms with Crippen molar-refractivity contribution in [2.24, 2.45) is 5.73 Å². The van der Waals surface area contributed by atoms with Crippen molar-refractivity contribution in [1.82, 2.24) is 0 Å². The van der Waals surface area contributed by atoms with Gasteiger partial charge in [-0.2, -0.15) is 0 Å². The van der Waals surface area contributed by atoms with Crippen LogP contribution in [0.2, 0.25) is 0 Å². The van der Waals surface area contributed by atoms with Crippen LogP contribution in [0.4, 0.5) is 0 Å². The first-order chi connectivity index (χ1) is 10.8. The van der Waals surface area contributed by atoms with Crippen LogP contribution >= 0.6 is 0 Å². The van der Waals surface area contributed by atoms with Crippen molar-refractivity contribution in [3.63, 3.8) is 0 Å². The van der Waals surface area contributed by atoms with E-state index in [9.17, 15) is 25.5 Å². The maximum atomic E-state index is 9.98. The molecule has 2 rings (SSSR count). The maximum absolute atomic E-state index is 9.98. The summed E-state index contributed by atoms with van der Waals surface area (Å²) >= 11 is 0. The molecule has 0 aromatic carbocycles. The predicted molar refractivity (Wildman–Crippen MR) is 70.6 cm³/mol. The molecule has 0 spiro atoms. The molecule has 23 heavy (non-hydrogen) atoms. The Morgan fingerprint density at radius 3 is 1.87 bits per heavy atom. The van der Waals surface area contributed by atoms with Gasteiger partial charge in [0.25, 0.3) is 0 Å². The van der Waals surface area contributed by atoms with Gasteiger partial charge in [0.2, 0.25) is 0 Å². The van der Waals surface area contributed by atoms with Gasteiger partial charge in [-0.15, -0.1) is 0 Å². The monoisotopic (exact) mass is 341 g/mol. The third-order valence-electron chi connectivity index (χ3n) is 4.06. The van der Waals surface area contributed by atoms with Gasteiger partial charge in [-0.1, -0.05) is 0 Å². The highest BCUT2D eigenvalue weighted by Gasteiger charge is 2.49. The molecule has 11 heteroatoms. The minimum absolute atomic E-state index is 0.619. The second-order valence-corrected chi connectivity index (χ2v) is 5.61. The number of ether oxygens (including phenoxy) is 3. The molecule has 0 aliphatic carbocycles. The van der Waals surface area contributed by atoms with E-state index in [1.54, 1.807) is 0 Å². The molecule has 9 N–H and O–H groups in total. The van der Waals surface area contributed by atoms with E-state index in [0.29, 0.717) is 0 Å². The van der Waals surface area contributed by atoms with Gasteiger partial charge in [0.15, 0.2) is 12.6 Å². The fourth-order valence-electron chi connectivity index (χ4n) is 2.60. The standard InChI is InChI=1S/C12H23NO10/c13-5-8(18)6(16)4(2-15)22-12(5)23-10-9(19)7(17)3(1-14)21-11(10)20/h3-12,14-20H,1-2,13H2/t3-,4-,5+,6-,7-,8-,9+,10-,11+,12-/m1/s1. The van der Waals surface area contributed by atoms with Gasteiger partial charge in [-0.25, -0.2) is 0 Å². The van der Waals surface area contributed by atoms with Crippen LogP contribution in [0.5, 0.6) is 0 Å². The van der Waals surface area contributed by atoms with Crippen molar-refractivity contribution in [3.05, 3.63) is 0 Å². The molecule has 2 saturated heterocycles. The van der Waals surface area contributed by atoms with Crippen LogP contribution in [-0.2, 0) is 14.2 Å². The third-order valence-corrected chi connectivity index (χ3v) is 4.06. The summed E-state index contributed by atoms with van der Waals surface area (Å²) < 4.78 is 15.4. The zero-order chi connectivity index (χ0) is 17.3. The Kier molecular flexibility index (Phi) is 6.27. The van der Waals surface area contributed by atoms with Crippen molar-refractivity contribution in [3.8, 4) is 0 Å². The summed E-state index contributed by atoms with van der Waals surface area (Å²) in [5.41, 5.74) is 5.68. The van der Waals surface area contributed by atoms with E-state index in [4.69, 9.17) is 30.2 Å². The molecule has 0 saturated carbocycles. The topological polar surface area (TPSA) is 195 Å². The van der Waals surface area contributed by atoms with Crippen molar-refractivity contribution in [1.29, 1.82) is 0 Å². The minimum atomic E-state index is -1.70. The fraction of sp³-hybridized carbons (Fsp3) is 1.00. The summed E-state index contributed by atoms with van der Waals surface area (Å²) in [5.74, 6) is 0. The average Bonchev–Trinajstić information content (AvgIpc) is 2.54. The largest absolute Gasteiger partial charge is 0.394 e. The lowest BCUT2D eigenvalue weighted by Gasteiger charge is -2.45. The number of nitrogens with two attached hydrogens (primary N) is 1. The molecular weight excluding hydrogens is 318 g/mol. The Labute approximate surface area is 131 Å². The number of hydrogen-bond acceptors (Lipinski definition) is 11. The normalized spacial score (nSPS) is 51.7. The number of rotatable bonds is 4. The highest BCUT2D eigenvalue weighted by molar-refractivity contribution is 4.94. The van der Waals surface area contributed by atoms with E-state index in [1.165, 1.54) is 0 Å². The summed E-state index contributed by atoms with van der Waals surface area (Å²) in [6.45, 7) is -1.24. The first-order valence-electron chi connectivity index (χ1n) is 7.15. The molecular formula is C12H23NO10. The number of hydrogen-bond donors (Lipinski definition) is 8. The molecule has 0 aromatic heterocycles. The Hall–Kier alpha value is -0.440. The molecule has 0 radical (unpaired) electrons. The summed E-state index contributed by atoms with van der Waals surface area (Å²) in [6.07, 6.45) is -13.0. The van der Waals surface area contributed by atoms with E-state index < -0.39 is 74.6 Å². The molecule has 0 aromatic rings. The van der Waals surface area contributed by atoms with E-state index in [0.717, 1.165) is 0 Å². The van der Waals surface area contributed by atoms with Crippen LogP contribution in [0.25, 0.3) is 0 Å². The van der Waals surface area contributed by atoms with Crippen molar-refractivity contribution in [2.75, 3.05) is 13.2 Å². The van der Waals surface area contributed by atoms with Crippen molar-refractivity contribution in [2.45, 2.75) is 61.3 Å². The van der Waals surface area contributed by atoms with Gasteiger partial charge >= 0.3 is 0 Å². The summed E-state index contributed by atoms with van der Waals surface area (Å²) in [4.78, 5) is 0. The fourth-order valence-corrected chi connectivity index (χ4v) is 2.60. The third kappa shape index (κ3) is 3.65. The average molecular weight is 341 g/mol. The summed E-state index contributed by atoms with van der Waals surface area (Å²) in [6, 6.07) is -1.24. The maximum Gasteiger partial charge on any atom is 0.184 e. The minimum Gasteiger partial charge on any atom is -0.394 e.